The van der Waals surface area contributed by atoms with Gasteiger partial charge in [-0.3, -0.25) is 0 Å². The van der Waals surface area contributed by atoms with Crippen molar-refractivity contribution in [2.24, 2.45) is 0 Å². The van der Waals surface area contributed by atoms with Crippen LogP contribution in [0.25, 0.3) is 66.4 Å². The second-order valence-corrected chi connectivity index (χ2v) is 19.0. The van der Waals surface area contributed by atoms with Gasteiger partial charge in [0, 0.05) is 38.5 Å². The fraction of sp³-hybridized carbons (Fsp3) is 0.172. The number of anilines is 3. The molecule has 2 aliphatic carbocycles. The smallest absolute Gasteiger partial charge is 0.135 e. The van der Waals surface area contributed by atoms with Crippen LogP contribution in [0.15, 0.2) is 174 Å². The minimum absolute atomic E-state index is 0.0477. The van der Waals surface area contributed by atoms with Gasteiger partial charge < -0.3 is 9.32 Å². The molecule has 2 nitrogen and oxygen atoms in total. The van der Waals surface area contributed by atoms with Crippen LogP contribution < -0.4 is 4.90 Å². The normalized spacial score (nSPS) is 14.5. The molecule has 0 unspecified atom stereocenters. The maximum absolute atomic E-state index is 6.15. The fourth-order valence-corrected chi connectivity index (χ4v) is 10.3. The van der Waals surface area contributed by atoms with Crippen LogP contribution in [-0.2, 0) is 16.2 Å². The molecule has 0 radical (unpaired) electrons. The second-order valence-electron chi connectivity index (χ2n) is 19.0. The van der Waals surface area contributed by atoms with Crippen molar-refractivity contribution in [2.75, 3.05) is 4.90 Å². The number of furan rings is 1. The molecule has 0 bridgehead atoms. The Hall–Kier alpha value is -6.64. The summed E-state index contributed by atoms with van der Waals surface area (Å²) >= 11 is 0. The zero-order valence-electron chi connectivity index (χ0n) is 35.5. The molecule has 0 N–H and O–H groups in total. The molecule has 60 heavy (non-hydrogen) atoms. The number of hydrogen-bond donors (Lipinski definition) is 0. The van der Waals surface area contributed by atoms with E-state index in [1.807, 2.05) is 12.1 Å². The van der Waals surface area contributed by atoms with Crippen molar-refractivity contribution < 1.29 is 4.42 Å². The van der Waals surface area contributed by atoms with Gasteiger partial charge in [0.05, 0.1) is 5.69 Å². The SMILES string of the molecule is CC(C)(C)c1ccc2c(c1)C(C)(C)c1ccc(-c3ccc(N(c4ccc(-c5ccc6oc7ccccc7c6c5)cc4)c4cccc5c4-c4ccccc4C5(C)C)cc3)cc1-2. The van der Waals surface area contributed by atoms with Crippen molar-refractivity contribution in [3.8, 4) is 44.5 Å². The monoisotopic (exact) mass is 775 g/mol. The summed E-state index contributed by atoms with van der Waals surface area (Å²) < 4.78 is 6.15. The Morgan fingerprint density at radius 1 is 0.417 bits per heavy atom. The Labute approximate surface area is 353 Å². The van der Waals surface area contributed by atoms with Gasteiger partial charge in [-0.25, -0.2) is 0 Å². The molecular formula is C58H49NO. The van der Waals surface area contributed by atoms with Crippen LogP contribution in [0.1, 0.15) is 76.3 Å². The van der Waals surface area contributed by atoms with Crippen molar-refractivity contribution >= 4 is 39.0 Å². The molecule has 292 valence electrons. The number of nitrogens with zero attached hydrogens (tertiary/aromatic N) is 1. The van der Waals surface area contributed by atoms with E-state index in [1.165, 1.54) is 78.0 Å². The summed E-state index contributed by atoms with van der Waals surface area (Å²) in [6, 6.07) is 63.1. The van der Waals surface area contributed by atoms with Crippen molar-refractivity contribution in [1.82, 2.24) is 0 Å². The topological polar surface area (TPSA) is 16.4 Å². The van der Waals surface area contributed by atoms with E-state index < -0.39 is 0 Å². The van der Waals surface area contributed by atoms with Crippen molar-refractivity contribution in [3.05, 3.63) is 198 Å². The molecule has 0 saturated heterocycles. The van der Waals surface area contributed by atoms with E-state index in [2.05, 4.69) is 211 Å². The van der Waals surface area contributed by atoms with E-state index >= 15 is 0 Å². The molecule has 0 spiro atoms. The highest BCUT2D eigenvalue weighted by Gasteiger charge is 2.38. The maximum Gasteiger partial charge on any atom is 0.135 e. The van der Waals surface area contributed by atoms with E-state index in [0.29, 0.717) is 0 Å². The third-order valence-electron chi connectivity index (χ3n) is 13.7. The van der Waals surface area contributed by atoms with Gasteiger partial charge >= 0.3 is 0 Å². The Balaban J connectivity index is 1.01. The van der Waals surface area contributed by atoms with E-state index in [1.54, 1.807) is 0 Å². The van der Waals surface area contributed by atoms with Crippen LogP contribution in [-0.4, -0.2) is 0 Å². The Morgan fingerprint density at radius 2 is 1.00 bits per heavy atom. The molecular weight excluding hydrogens is 727 g/mol. The molecule has 0 aliphatic heterocycles. The Bertz CT molecular complexity index is 3170. The van der Waals surface area contributed by atoms with Crippen molar-refractivity contribution in [3.63, 3.8) is 0 Å². The lowest BCUT2D eigenvalue weighted by molar-refractivity contribution is 0.584. The standard InChI is InChI=1S/C58H49NO/c1-56(2,3)40-25-30-43-46-33-38(23-31-49(46)58(6,7)51(43)35-40)36-19-26-41(27-20-36)59(52-17-12-16-50-55(52)45-14-8-10-15-48(45)57(50,4)5)42-28-21-37(22-29-42)39-24-32-54-47(34-39)44-13-9-11-18-53(44)60-54/h8-35H,1-7H3. The van der Waals surface area contributed by atoms with Crippen molar-refractivity contribution in [2.45, 2.75) is 64.7 Å². The highest BCUT2D eigenvalue weighted by atomic mass is 16.3. The zero-order chi connectivity index (χ0) is 41.1. The Kier molecular flexibility index (Phi) is 7.85. The molecule has 2 aliphatic rings. The third kappa shape index (κ3) is 5.47. The van der Waals surface area contributed by atoms with E-state index in [9.17, 15) is 0 Å². The fourth-order valence-electron chi connectivity index (χ4n) is 10.3. The lowest BCUT2D eigenvalue weighted by Gasteiger charge is -2.29. The highest BCUT2D eigenvalue weighted by molar-refractivity contribution is 6.06. The first-order chi connectivity index (χ1) is 28.9. The summed E-state index contributed by atoms with van der Waals surface area (Å²) in [6.45, 7) is 16.4. The zero-order valence-corrected chi connectivity index (χ0v) is 35.5. The average Bonchev–Trinajstić information content (AvgIpc) is 3.83. The van der Waals surface area contributed by atoms with Gasteiger partial charge in [-0.1, -0.05) is 164 Å². The summed E-state index contributed by atoms with van der Waals surface area (Å²) in [7, 11) is 0. The van der Waals surface area contributed by atoms with Gasteiger partial charge in [-0.15, -0.1) is 0 Å². The first-order valence-electron chi connectivity index (χ1n) is 21.3. The van der Waals surface area contributed by atoms with Gasteiger partial charge in [0.1, 0.15) is 11.2 Å². The van der Waals surface area contributed by atoms with E-state index in [4.69, 9.17) is 4.42 Å². The average molecular weight is 776 g/mol. The van der Waals surface area contributed by atoms with Gasteiger partial charge in [-0.2, -0.15) is 0 Å². The quantitative estimate of drug-likeness (QED) is 0.173. The lowest BCUT2D eigenvalue weighted by Crippen LogP contribution is -2.17. The van der Waals surface area contributed by atoms with Crippen molar-refractivity contribution in [1.29, 1.82) is 0 Å². The predicted molar refractivity (Wildman–Crippen MR) is 253 cm³/mol. The summed E-state index contributed by atoms with van der Waals surface area (Å²) in [4.78, 5) is 2.45. The highest BCUT2D eigenvalue weighted by Crippen LogP contribution is 2.55. The van der Waals surface area contributed by atoms with Crippen LogP contribution in [0.3, 0.4) is 0 Å². The number of hydrogen-bond acceptors (Lipinski definition) is 2. The maximum atomic E-state index is 6.15. The molecule has 9 aromatic rings. The minimum atomic E-state index is -0.105. The van der Waals surface area contributed by atoms with Crippen LogP contribution in [0, 0.1) is 0 Å². The molecule has 0 saturated carbocycles. The molecule has 8 aromatic carbocycles. The molecule has 11 rings (SSSR count). The summed E-state index contributed by atoms with van der Waals surface area (Å²) in [5.74, 6) is 0. The molecule has 0 atom stereocenters. The van der Waals surface area contributed by atoms with Crippen LogP contribution >= 0.6 is 0 Å². The number of para-hydroxylation sites is 1. The third-order valence-corrected chi connectivity index (χ3v) is 13.7. The van der Waals surface area contributed by atoms with Gasteiger partial charge in [0.2, 0.25) is 0 Å². The van der Waals surface area contributed by atoms with E-state index in [-0.39, 0.29) is 16.2 Å². The van der Waals surface area contributed by atoms with Crippen LogP contribution in [0.2, 0.25) is 0 Å². The van der Waals surface area contributed by atoms with E-state index in [0.717, 1.165) is 33.3 Å². The molecule has 1 heterocycles. The lowest BCUT2D eigenvalue weighted by atomic mass is 9.79. The number of fused-ring (bicyclic) bond motifs is 9. The molecule has 0 fully saturated rings. The summed E-state index contributed by atoms with van der Waals surface area (Å²) in [5, 5.41) is 2.28. The van der Waals surface area contributed by atoms with Crippen LogP contribution in [0.4, 0.5) is 17.1 Å². The molecule has 1 aromatic heterocycles. The Morgan fingerprint density at radius 3 is 1.73 bits per heavy atom. The molecule has 0 amide bonds. The molecule has 2 heteroatoms. The van der Waals surface area contributed by atoms with Gasteiger partial charge in [-0.05, 0) is 127 Å². The minimum Gasteiger partial charge on any atom is -0.456 e. The number of rotatable bonds is 5. The van der Waals surface area contributed by atoms with Gasteiger partial charge in [0.25, 0.3) is 0 Å². The number of benzene rings is 8. The summed E-state index contributed by atoms with van der Waals surface area (Å²) in [5.41, 5.74) is 22.2. The van der Waals surface area contributed by atoms with Gasteiger partial charge in [0.15, 0.2) is 0 Å². The first kappa shape index (κ1) is 36.4. The largest absolute Gasteiger partial charge is 0.456 e. The first-order valence-corrected chi connectivity index (χ1v) is 21.3. The second kappa shape index (κ2) is 12.9. The predicted octanol–water partition coefficient (Wildman–Crippen LogP) is 16.3. The summed E-state index contributed by atoms with van der Waals surface area (Å²) in [6.07, 6.45) is 0. The van der Waals surface area contributed by atoms with Crippen LogP contribution in [0.5, 0.6) is 0 Å².